The summed E-state index contributed by atoms with van der Waals surface area (Å²) in [6.45, 7) is 2.74. The van der Waals surface area contributed by atoms with E-state index < -0.39 is 22.2 Å². The lowest BCUT2D eigenvalue weighted by Gasteiger charge is -2.32. The Hall–Kier alpha value is -2.37. The number of hydrogen-bond donors (Lipinski definition) is 0. The molecular weight excluding hydrogens is 286 g/mol. The monoisotopic (exact) mass is 303 g/mol. The second kappa shape index (κ2) is 5.79. The van der Waals surface area contributed by atoms with Crippen LogP contribution in [0.15, 0.2) is 24.3 Å². The zero-order chi connectivity index (χ0) is 16.5. The molecule has 116 valence electrons. The summed E-state index contributed by atoms with van der Waals surface area (Å²) >= 11 is 0. The molecule has 1 aromatic rings. The minimum atomic E-state index is -1.21. The predicted molar refractivity (Wildman–Crippen MR) is 78.4 cm³/mol. The number of rotatable bonds is 5. The van der Waals surface area contributed by atoms with Gasteiger partial charge in [0.1, 0.15) is 17.9 Å². The lowest BCUT2D eigenvalue weighted by molar-refractivity contribution is -0.384. The molecule has 0 spiro atoms. The van der Waals surface area contributed by atoms with Crippen molar-refractivity contribution in [3.8, 4) is 0 Å². The maximum absolute atomic E-state index is 12.2. The minimum Gasteiger partial charge on any atom is -0.303 e. The number of hydrogen-bond acceptors (Lipinski definition) is 5. The fourth-order valence-corrected chi connectivity index (χ4v) is 3.60. The molecule has 1 aromatic carbocycles. The molecule has 0 heterocycles. The van der Waals surface area contributed by atoms with E-state index in [9.17, 15) is 24.5 Å². The van der Waals surface area contributed by atoms with E-state index in [2.05, 4.69) is 0 Å². The fourth-order valence-electron chi connectivity index (χ4n) is 3.60. The molecule has 0 N–H and O–H groups in total. The molecule has 1 saturated carbocycles. The Morgan fingerprint density at radius 3 is 2.18 bits per heavy atom. The molecule has 6 heteroatoms. The molecule has 1 aliphatic rings. The van der Waals surface area contributed by atoms with Crippen LogP contribution in [0.1, 0.15) is 38.2 Å². The van der Waals surface area contributed by atoms with Crippen LogP contribution in [-0.2, 0) is 14.4 Å². The maximum Gasteiger partial charge on any atom is 0.269 e. The van der Waals surface area contributed by atoms with Crippen molar-refractivity contribution in [2.24, 2.45) is 11.3 Å². The molecule has 0 aliphatic heterocycles. The van der Waals surface area contributed by atoms with E-state index >= 15 is 0 Å². The first-order valence-electron chi connectivity index (χ1n) is 7.06. The van der Waals surface area contributed by atoms with Crippen LogP contribution < -0.4 is 0 Å². The van der Waals surface area contributed by atoms with Gasteiger partial charge in [0.05, 0.1) is 10.3 Å². The summed E-state index contributed by atoms with van der Waals surface area (Å²) in [5, 5.41) is 10.7. The van der Waals surface area contributed by atoms with Gasteiger partial charge in [0.2, 0.25) is 0 Å². The number of nitro groups is 1. The van der Waals surface area contributed by atoms with Crippen LogP contribution in [0, 0.1) is 21.4 Å². The number of ketones is 2. The molecule has 0 aromatic heterocycles. The van der Waals surface area contributed by atoms with E-state index in [0.29, 0.717) is 18.4 Å². The first-order chi connectivity index (χ1) is 10.3. The Labute approximate surface area is 127 Å². The van der Waals surface area contributed by atoms with Gasteiger partial charge in [0, 0.05) is 24.0 Å². The van der Waals surface area contributed by atoms with Gasteiger partial charge in [-0.25, -0.2) is 0 Å². The van der Waals surface area contributed by atoms with Crippen molar-refractivity contribution in [3.05, 3.63) is 39.9 Å². The van der Waals surface area contributed by atoms with Crippen molar-refractivity contribution in [3.63, 3.8) is 0 Å². The molecule has 2 atom stereocenters. The Kier molecular flexibility index (Phi) is 4.21. The Morgan fingerprint density at radius 2 is 1.77 bits per heavy atom. The van der Waals surface area contributed by atoms with Gasteiger partial charge in [-0.3, -0.25) is 19.7 Å². The summed E-state index contributed by atoms with van der Waals surface area (Å²) in [4.78, 5) is 46.0. The minimum absolute atomic E-state index is 0.0688. The van der Waals surface area contributed by atoms with Crippen LogP contribution in [0.2, 0.25) is 0 Å². The molecule has 0 amide bonds. The summed E-state index contributed by atoms with van der Waals surface area (Å²) in [6, 6.07) is 5.73. The lowest BCUT2D eigenvalue weighted by atomic mass is 9.67. The molecule has 2 rings (SSSR count). The quantitative estimate of drug-likeness (QED) is 0.360. The van der Waals surface area contributed by atoms with Gasteiger partial charge in [-0.15, -0.1) is 0 Å². The Balaban J connectivity index is 2.55. The van der Waals surface area contributed by atoms with E-state index in [4.69, 9.17) is 0 Å². The molecule has 22 heavy (non-hydrogen) atoms. The number of Topliss-reactive ketones (excluding diaryl/α,β-unsaturated/α-hetero) is 2. The highest BCUT2D eigenvalue weighted by Crippen LogP contribution is 2.53. The second-order valence-corrected chi connectivity index (χ2v) is 5.75. The summed E-state index contributed by atoms with van der Waals surface area (Å²) in [7, 11) is 0. The Morgan fingerprint density at radius 1 is 1.23 bits per heavy atom. The topological polar surface area (TPSA) is 94.3 Å². The number of non-ortho nitro benzene ring substituents is 1. The van der Waals surface area contributed by atoms with Crippen molar-refractivity contribution in [2.45, 2.75) is 32.6 Å². The molecule has 1 fully saturated rings. The average Bonchev–Trinajstić information content (AvgIpc) is 2.87. The maximum atomic E-state index is 12.2. The van der Waals surface area contributed by atoms with Crippen LogP contribution in [0.5, 0.6) is 0 Å². The van der Waals surface area contributed by atoms with Crippen LogP contribution in [0.25, 0.3) is 0 Å². The van der Waals surface area contributed by atoms with Crippen molar-refractivity contribution < 1.29 is 19.3 Å². The third-order valence-corrected chi connectivity index (χ3v) is 4.73. The van der Waals surface area contributed by atoms with Crippen molar-refractivity contribution in [2.75, 3.05) is 0 Å². The summed E-state index contributed by atoms with van der Waals surface area (Å²) < 4.78 is 0. The van der Waals surface area contributed by atoms with Crippen molar-refractivity contribution in [1.29, 1.82) is 0 Å². The van der Waals surface area contributed by atoms with Crippen LogP contribution in [0.4, 0.5) is 5.69 Å². The van der Waals surface area contributed by atoms with Gasteiger partial charge in [0.25, 0.3) is 5.69 Å². The molecular formula is C16H17NO5. The van der Waals surface area contributed by atoms with E-state index in [1.54, 1.807) is 0 Å². The van der Waals surface area contributed by atoms with Gasteiger partial charge in [-0.1, -0.05) is 12.1 Å². The fraction of sp³-hybridized carbons (Fsp3) is 0.438. The number of benzene rings is 1. The second-order valence-electron chi connectivity index (χ2n) is 5.75. The normalized spacial score (nSPS) is 23.0. The predicted octanol–water partition coefficient (Wildman–Crippen LogP) is 2.45. The third-order valence-electron chi connectivity index (χ3n) is 4.73. The van der Waals surface area contributed by atoms with Gasteiger partial charge >= 0.3 is 0 Å². The van der Waals surface area contributed by atoms with E-state index in [0.717, 1.165) is 6.29 Å². The standard InChI is InChI=1S/C16H17NO5/c1-10(19)16(11(2)20)8-7-13(9-18)15(16)12-3-5-14(6-4-12)17(21)22/h3-6,9,13,15H,7-8H2,1-2H3/t13-,15-/m1/s1. The number of aldehydes is 1. The Bertz CT molecular complexity index is 620. The van der Waals surface area contributed by atoms with E-state index in [1.165, 1.54) is 38.1 Å². The first kappa shape index (κ1) is 16.0. The number of nitrogens with zero attached hydrogens (tertiary/aromatic N) is 1. The third kappa shape index (κ3) is 2.34. The van der Waals surface area contributed by atoms with Gasteiger partial charge < -0.3 is 4.79 Å². The molecule has 0 bridgehead atoms. The number of carbonyl (C=O) groups is 3. The zero-order valence-electron chi connectivity index (χ0n) is 12.4. The van der Waals surface area contributed by atoms with Crippen molar-refractivity contribution >= 4 is 23.5 Å². The van der Waals surface area contributed by atoms with Crippen LogP contribution >= 0.6 is 0 Å². The van der Waals surface area contributed by atoms with Crippen LogP contribution in [0.3, 0.4) is 0 Å². The molecule has 0 radical (unpaired) electrons. The molecule has 0 unspecified atom stereocenters. The largest absolute Gasteiger partial charge is 0.303 e. The number of carbonyl (C=O) groups excluding carboxylic acids is 3. The first-order valence-corrected chi connectivity index (χ1v) is 7.06. The van der Waals surface area contributed by atoms with E-state index in [-0.39, 0.29) is 17.3 Å². The zero-order valence-corrected chi connectivity index (χ0v) is 12.4. The lowest BCUT2D eigenvalue weighted by Crippen LogP contribution is -2.40. The SMILES string of the molecule is CC(=O)C1(C(C)=O)CC[C@H](C=O)[C@H]1c1ccc([N+](=O)[O-])cc1. The highest BCUT2D eigenvalue weighted by Gasteiger charge is 2.55. The number of nitro benzene ring substituents is 1. The highest BCUT2D eigenvalue weighted by molar-refractivity contribution is 6.07. The van der Waals surface area contributed by atoms with E-state index in [1.807, 2.05) is 0 Å². The molecule has 6 nitrogen and oxygen atoms in total. The average molecular weight is 303 g/mol. The van der Waals surface area contributed by atoms with Gasteiger partial charge in [-0.2, -0.15) is 0 Å². The van der Waals surface area contributed by atoms with Crippen LogP contribution in [-0.4, -0.2) is 22.8 Å². The van der Waals surface area contributed by atoms with Gasteiger partial charge in [-0.05, 0) is 32.3 Å². The molecule has 1 aliphatic carbocycles. The highest BCUT2D eigenvalue weighted by atomic mass is 16.6. The molecule has 0 saturated heterocycles. The smallest absolute Gasteiger partial charge is 0.269 e. The summed E-state index contributed by atoms with van der Waals surface area (Å²) in [5.41, 5.74) is -0.659. The summed E-state index contributed by atoms with van der Waals surface area (Å²) in [5.74, 6) is -1.50. The van der Waals surface area contributed by atoms with Gasteiger partial charge in [0.15, 0.2) is 0 Å². The summed E-state index contributed by atoms with van der Waals surface area (Å²) in [6.07, 6.45) is 1.58. The van der Waals surface area contributed by atoms with Crippen molar-refractivity contribution in [1.82, 2.24) is 0 Å².